The Hall–Kier alpha value is -4.51. The molecular formula is C23H15N3O7S. The predicted octanol–water partition coefficient (Wildman–Crippen LogP) is 4.59. The summed E-state index contributed by atoms with van der Waals surface area (Å²) in [5, 5.41) is 24.6. The van der Waals surface area contributed by atoms with Crippen LogP contribution in [0, 0.1) is 10.1 Å². The fourth-order valence-electron chi connectivity index (χ4n) is 3.93. The number of carbonyl (C=O) groups excluding carboxylic acids is 2. The van der Waals surface area contributed by atoms with Gasteiger partial charge in [0.2, 0.25) is 5.78 Å². The molecule has 3 heterocycles. The summed E-state index contributed by atoms with van der Waals surface area (Å²) in [7, 11) is 1.47. The number of amides is 1. The second-order valence-electron chi connectivity index (χ2n) is 7.33. The van der Waals surface area contributed by atoms with Crippen molar-refractivity contribution in [3.8, 4) is 5.75 Å². The number of para-hydroxylation sites is 1. The van der Waals surface area contributed by atoms with E-state index in [9.17, 15) is 24.8 Å². The van der Waals surface area contributed by atoms with Crippen LogP contribution in [0.15, 0.2) is 75.9 Å². The van der Waals surface area contributed by atoms with Gasteiger partial charge in [-0.2, -0.15) is 0 Å². The number of hydrogen-bond donors (Lipinski definition) is 1. The first-order chi connectivity index (χ1) is 16.4. The normalized spacial score (nSPS) is 15.9. The van der Waals surface area contributed by atoms with Gasteiger partial charge in [0, 0.05) is 29.1 Å². The van der Waals surface area contributed by atoms with Gasteiger partial charge in [-0.3, -0.25) is 24.6 Å². The van der Waals surface area contributed by atoms with Crippen molar-refractivity contribution in [2.24, 2.45) is 0 Å². The Labute approximate surface area is 195 Å². The number of thiazole rings is 1. The van der Waals surface area contributed by atoms with Crippen LogP contribution < -0.4 is 9.64 Å². The molecule has 2 aromatic heterocycles. The molecule has 2 aromatic carbocycles. The molecule has 0 aliphatic carbocycles. The average Bonchev–Trinajstić information content (AvgIpc) is 3.57. The summed E-state index contributed by atoms with van der Waals surface area (Å²) in [6.07, 6.45) is 1.47. The quantitative estimate of drug-likeness (QED) is 0.242. The average molecular weight is 477 g/mol. The number of ketones is 1. The minimum atomic E-state index is -1.15. The van der Waals surface area contributed by atoms with Crippen LogP contribution in [0.2, 0.25) is 0 Å². The van der Waals surface area contributed by atoms with Crippen molar-refractivity contribution in [3.05, 3.63) is 92.9 Å². The highest BCUT2D eigenvalue weighted by Crippen LogP contribution is 2.43. The second kappa shape index (κ2) is 8.12. The van der Waals surface area contributed by atoms with E-state index in [1.807, 2.05) is 0 Å². The molecule has 0 saturated heterocycles. The zero-order chi connectivity index (χ0) is 24.0. The first-order valence-corrected chi connectivity index (χ1v) is 10.8. The zero-order valence-electron chi connectivity index (χ0n) is 17.5. The van der Waals surface area contributed by atoms with Crippen molar-refractivity contribution < 1.29 is 28.8 Å². The van der Waals surface area contributed by atoms with Gasteiger partial charge in [0.1, 0.15) is 0 Å². The largest absolute Gasteiger partial charge is 0.503 e. The number of Topliss-reactive ketones (excluding diaryl/α,β-unsaturated/α-hetero) is 1. The Morgan fingerprint density at radius 3 is 2.76 bits per heavy atom. The lowest BCUT2D eigenvalue weighted by atomic mass is 9.95. The molecule has 1 N–H and O–H groups in total. The number of ether oxygens (including phenoxy) is 1. The molecule has 1 unspecified atom stereocenters. The maximum Gasteiger partial charge on any atom is 0.296 e. The number of aliphatic hydroxyl groups is 1. The van der Waals surface area contributed by atoms with Gasteiger partial charge in [0.25, 0.3) is 11.6 Å². The Morgan fingerprint density at radius 2 is 2.06 bits per heavy atom. The molecule has 5 rings (SSSR count). The lowest BCUT2D eigenvalue weighted by molar-refractivity contribution is -0.384. The number of rotatable bonds is 6. The van der Waals surface area contributed by atoms with Crippen molar-refractivity contribution in [1.82, 2.24) is 4.98 Å². The number of hydrogen-bond acceptors (Lipinski definition) is 9. The van der Waals surface area contributed by atoms with E-state index >= 15 is 0 Å². The number of aromatic nitrogens is 1. The number of aliphatic hydroxyl groups excluding tert-OH is 1. The number of nitrogens with zero attached hydrogens (tertiary/aromatic N) is 3. The van der Waals surface area contributed by atoms with Crippen LogP contribution in [0.1, 0.15) is 22.2 Å². The van der Waals surface area contributed by atoms with E-state index in [4.69, 9.17) is 9.15 Å². The van der Waals surface area contributed by atoms with Gasteiger partial charge >= 0.3 is 0 Å². The molecule has 1 aliphatic rings. The number of methoxy groups -OCH3 is 1. The van der Waals surface area contributed by atoms with E-state index in [0.717, 1.165) is 16.2 Å². The smallest absolute Gasteiger partial charge is 0.296 e. The lowest BCUT2D eigenvalue weighted by Crippen LogP contribution is -2.31. The summed E-state index contributed by atoms with van der Waals surface area (Å²) in [5.74, 6) is -2.06. The first kappa shape index (κ1) is 21.3. The minimum Gasteiger partial charge on any atom is -0.503 e. The van der Waals surface area contributed by atoms with Gasteiger partial charge in [0.05, 0.1) is 23.6 Å². The van der Waals surface area contributed by atoms with Crippen molar-refractivity contribution in [2.75, 3.05) is 12.0 Å². The molecule has 170 valence electrons. The standard InChI is InChI=1S/C23H15N3O7S/c1-32-15-7-3-5-13-11-16(33-21(13)15)19(27)17-18(12-4-2-6-14(10-12)26(30)31)25(22(29)20(17)28)23-24-8-9-34-23/h2-11,18,28H,1H3. The summed E-state index contributed by atoms with van der Waals surface area (Å²) < 4.78 is 11.0. The predicted molar refractivity (Wildman–Crippen MR) is 122 cm³/mol. The maximum atomic E-state index is 13.6. The highest BCUT2D eigenvalue weighted by Gasteiger charge is 2.46. The Kier molecular flexibility index (Phi) is 5.10. The number of nitro groups is 1. The van der Waals surface area contributed by atoms with Gasteiger partial charge in [-0.1, -0.05) is 24.3 Å². The highest BCUT2D eigenvalue weighted by atomic mass is 32.1. The van der Waals surface area contributed by atoms with Crippen molar-refractivity contribution in [3.63, 3.8) is 0 Å². The number of benzene rings is 2. The molecule has 1 aliphatic heterocycles. The number of carbonyl (C=O) groups is 2. The molecular weight excluding hydrogens is 462 g/mol. The fourth-order valence-corrected chi connectivity index (χ4v) is 4.60. The van der Waals surface area contributed by atoms with E-state index in [2.05, 4.69) is 4.98 Å². The van der Waals surface area contributed by atoms with Crippen LogP contribution >= 0.6 is 11.3 Å². The fraction of sp³-hybridized carbons (Fsp3) is 0.0870. The number of non-ortho nitro benzene ring substituents is 1. The third kappa shape index (κ3) is 3.30. The molecule has 10 nitrogen and oxygen atoms in total. The molecule has 34 heavy (non-hydrogen) atoms. The summed E-state index contributed by atoms with van der Waals surface area (Å²) in [6.45, 7) is 0. The first-order valence-electron chi connectivity index (χ1n) is 9.92. The Bertz CT molecular complexity index is 1490. The Morgan fingerprint density at radius 1 is 1.26 bits per heavy atom. The molecule has 0 bridgehead atoms. The number of anilines is 1. The van der Waals surface area contributed by atoms with Crippen LogP contribution in [0.25, 0.3) is 11.0 Å². The van der Waals surface area contributed by atoms with Gasteiger partial charge in [-0.15, -0.1) is 11.3 Å². The Balaban J connectivity index is 1.67. The zero-order valence-corrected chi connectivity index (χ0v) is 18.3. The van der Waals surface area contributed by atoms with Gasteiger partial charge in [-0.05, 0) is 17.7 Å². The SMILES string of the molecule is COc1cccc2cc(C(=O)C3=C(O)C(=O)N(c4nccs4)C3c3cccc([N+](=O)[O-])c3)oc12. The van der Waals surface area contributed by atoms with Gasteiger partial charge < -0.3 is 14.3 Å². The highest BCUT2D eigenvalue weighted by molar-refractivity contribution is 7.13. The molecule has 11 heteroatoms. The summed E-state index contributed by atoms with van der Waals surface area (Å²) >= 11 is 1.12. The molecule has 0 saturated carbocycles. The summed E-state index contributed by atoms with van der Waals surface area (Å²) in [5.41, 5.74) is 0.106. The maximum absolute atomic E-state index is 13.6. The van der Waals surface area contributed by atoms with E-state index in [1.54, 1.807) is 29.6 Å². The van der Waals surface area contributed by atoms with Crippen LogP contribution in [0.4, 0.5) is 10.8 Å². The molecule has 1 amide bonds. The molecule has 4 aromatic rings. The van der Waals surface area contributed by atoms with Crippen LogP contribution in [-0.4, -0.2) is 33.8 Å². The van der Waals surface area contributed by atoms with Crippen molar-refractivity contribution >= 4 is 44.8 Å². The third-order valence-corrected chi connectivity index (χ3v) is 6.20. The topological polar surface area (TPSA) is 136 Å². The second-order valence-corrected chi connectivity index (χ2v) is 8.20. The monoisotopic (exact) mass is 477 g/mol. The lowest BCUT2D eigenvalue weighted by Gasteiger charge is -2.24. The van der Waals surface area contributed by atoms with E-state index in [0.29, 0.717) is 16.7 Å². The third-order valence-electron chi connectivity index (χ3n) is 5.43. The van der Waals surface area contributed by atoms with E-state index in [1.165, 1.54) is 37.6 Å². The van der Waals surface area contributed by atoms with Crippen LogP contribution in [0.3, 0.4) is 0 Å². The number of furan rings is 1. The number of fused-ring (bicyclic) bond motifs is 1. The molecule has 1 atom stereocenters. The summed E-state index contributed by atoms with van der Waals surface area (Å²) in [4.78, 5) is 42.8. The van der Waals surface area contributed by atoms with Gasteiger partial charge in [-0.25, -0.2) is 4.98 Å². The number of nitro benzene ring substituents is 1. The minimum absolute atomic E-state index is 0.120. The van der Waals surface area contributed by atoms with Gasteiger partial charge in [0.15, 0.2) is 28.0 Å². The molecule has 0 radical (unpaired) electrons. The van der Waals surface area contributed by atoms with Crippen molar-refractivity contribution in [2.45, 2.75) is 6.04 Å². The van der Waals surface area contributed by atoms with Crippen molar-refractivity contribution in [1.29, 1.82) is 0 Å². The van der Waals surface area contributed by atoms with E-state index in [-0.39, 0.29) is 27.7 Å². The summed E-state index contributed by atoms with van der Waals surface area (Å²) in [6, 6.07) is 11.0. The molecule has 0 fully saturated rings. The molecule has 0 spiro atoms. The van der Waals surface area contributed by atoms with E-state index < -0.39 is 28.4 Å². The van der Waals surface area contributed by atoms with Crippen LogP contribution in [0.5, 0.6) is 5.75 Å². The van der Waals surface area contributed by atoms with Crippen LogP contribution in [-0.2, 0) is 4.79 Å².